The van der Waals surface area contributed by atoms with Crippen molar-refractivity contribution in [1.82, 2.24) is 5.32 Å². The fourth-order valence-electron chi connectivity index (χ4n) is 2.46. The van der Waals surface area contributed by atoms with Crippen molar-refractivity contribution in [1.29, 1.82) is 0 Å². The van der Waals surface area contributed by atoms with Gasteiger partial charge >= 0.3 is 0 Å². The number of nitrogens with one attached hydrogen (secondary N) is 1. The van der Waals surface area contributed by atoms with Crippen molar-refractivity contribution in [3.8, 4) is 0 Å². The molecule has 1 saturated carbocycles. The molecule has 1 amide bonds. The van der Waals surface area contributed by atoms with Crippen LogP contribution in [0.1, 0.15) is 48.0 Å². The minimum absolute atomic E-state index is 0.0202. The Hall–Kier alpha value is -0.540. The highest BCUT2D eigenvalue weighted by Gasteiger charge is 2.23. The summed E-state index contributed by atoms with van der Waals surface area (Å²) in [4.78, 5) is 12.2. The van der Waals surface area contributed by atoms with E-state index < -0.39 is 0 Å². The second kappa shape index (κ2) is 6.76. The number of rotatable bonds is 2. The zero-order chi connectivity index (χ0) is 13.8. The van der Waals surface area contributed by atoms with Crippen LogP contribution in [0.15, 0.2) is 22.7 Å². The maximum atomic E-state index is 12.2. The summed E-state index contributed by atoms with van der Waals surface area (Å²) in [5, 5.41) is 3.14. The van der Waals surface area contributed by atoms with Gasteiger partial charge in [0.05, 0.1) is 5.38 Å². The summed E-state index contributed by atoms with van der Waals surface area (Å²) < 4.78 is 1.02. The largest absolute Gasteiger partial charge is 0.348 e. The number of hydrogen-bond acceptors (Lipinski definition) is 1. The Bertz CT molecular complexity index is 463. The molecule has 1 aromatic carbocycles. The number of aryl methyl sites for hydroxylation is 1. The van der Waals surface area contributed by atoms with E-state index in [0.29, 0.717) is 5.56 Å². The van der Waals surface area contributed by atoms with Crippen molar-refractivity contribution < 1.29 is 4.79 Å². The van der Waals surface area contributed by atoms with E-state index in [1.54, 1.807) is 0 Å². The molecule has 2 nitrogen and oxygen atoms in total. The van der Waals surface area contributed by atoms with Crippen molar-refractivity contribution in [2.45, 2.75) is 50.4 Å². The normalized spacial score (nSPS) is 23.7. The van der Waals surface area contributed by atoms with Gasteiger partial charge in [0.1, 0.15) is 0 Å². The third-order valence-electron chi connectivity index (χ3n) is 3.67. The summed E-state index contributed by atoms with van der Waals surface area (Å²) in [6, 6.07) is 5.75. The molecule has 1 aliphatic rings. The third kappa shape index (κ3) is 3.96. The fraction of sp³-hybridized carbons (Fsp3) is 0.533. The molecule has 0 aromatic heterocycles. The molecule has 0 radical (unpaired) electrons. The topological polar surface area (TPSA) is 29.1 Å². The van der Waals surface area contributed by atoms with Gasteiger partial charge in [-0.3, -0.25) is 4.79 Å². The van der Waals surface area contributed by atoms with Gasteiger partial charge in [0, 0.05) is 16.1 Å². The first-order valence-electron chi connectivity index (χ1n) is 6.79. The predicted molar refractivity (Wildman–Crippen MR) is 82.9 cm³/mol. The monoisotopic (exact) mass is 343 g/mol. The number of amides is 1. The Morgan fingerprint density at radius 3 is 2.79 bits per heavy atom. The van der Waals surface area contributed by atoms with Gasteiger partial charge < -0.3 is 5.32 Å². The van der Waals surface area contributed by atoms with E-state index in [9.17, 15) is 4.79 Å². The Labute approximate surface area is 128 Å². The summed E-state index contributed by atoms with van der Waals surface area (Å²) in [6.07, 6.45) is 5.50. The maximum absolute atomic E-state index is 12.2. The average molecular weight is 345 g/mol. The van der Waals surface area contributed by atoms with Gasteiger partial charge in [-0.25, -0.2) is 0 Å². The summed E-state index contributed by atoms with van der Waals surface area (Å²) in [5.41, 5.74) is 1.77. The Kier molecular flexibility index (Phi) is 5.28. The van der Waals surface area contributed by atoms with E-state index in [1.165, 1.54) is 6.42 Å². The van der Waals surface area contributed by atoms with Crippen LogP contribution in [0.2, 0.25) is 0 Å². The van der Waals surface area contributed by atoms with Crippen LogP contribution in [0.3, 0.4) is 0 Å². The predicted octanol–water partition coefficient (Wildman–Crippen LogP) is 4.43. The molecule has 0 bridgehead atoms. The molecule has 1 N–H and O–H groups in total. The van der Waals surface area contributed by atoms with Crippen LogP contribution < -0.4 is 5.32 Å². The molecule has 0 aliphatic heterocycles. The van der Waals surface area contributed by atoms with Crippen molar-refractivity contribution in [2.24, 2.45) is 0 Å². The molecule has 2 unspecified atom stereocenters. The van der Waals surface area contributed by atoms with Gasteiger partial charge in [-0.05, 0) is 43.5 Å². The minimum Gasteiger partial charge on any atom is -0.348 e. The van der Waals surface area contributed by atoms with Crippen LogP contribution in [0.5, 0.6) is 0 Å². The van der Waals surface area contributed by atoms with Crippen LogP contribution in [-0.2, 0) is 0 Å². The number of carbonyl (C=O) groups is 1. The average Bonchev–Trinajstić information content (AvgIpc) is 2.58. The molecule has 1 aromatic rings. The lowest BCUT2D eigenvalue weighted by Gasteiger charge is -2.21. The maximum Gasteiger partial charge on any atom is 0.251 e. The lowest BCUT2D eigenvalue weighted by molar-refractivity contribution is 0.0934. The molecule has 1 aliphatic carbocycles. The van der Waals surface area contributed by atoms with Crippen LogP contribution in [0, 0.1) is 6.92 Å². The zero-order valence-corrected chi connectivity index (χ0v) is 13.4. The number of hydrogen-bond donors (Lipinski definition) is 1. The highest BCUT2D eigenvalue weighted by molar-refractivity contribution is 9.10. The SMILES string of the molecule is Cc1cc(C(=O)NC2CCCCCC2Cl)ccc1Br. The minimum atomic E-state index is -0.0202. The van der Waals surface area contributed by atoms with Gasteiger partial charge in [-0.2, -0.15) is 0 Å². The van der Waals surface area contributed by atoms with Crippen molar-refractivity contribution >= 4 is 33.4 Å². The van der Waals surface area contributed by atoms with Gasteiger partial charge in [0.2, 0.25) is 0 Å². The second-order valence-electron chi connectivity index (χ2n) is 5.20. The molecular formula is C15H19BrClNO. The summed E-state index contributed by atoms with van der Waals surface area (Å²) in [7, 11) is 0. The molecule has 0 saturated heterocycles. The first-order chi connectivity index (χ1) is 9.08. The van der Waals surface area contributed by atoms with Gasteiger partial charge in [-0.1, -0.05) is 35.2 Å². The van der Waals surface area contributed by atoms with E-state index in [1.807, 2.05) is 25.1 Å². The lowest BCUT2D eigenvalue weighted by Crippen LogP contribution is -2.40. The number of benzene rings is 1. The van der Waals surface area contributed by atoms with E-state index in [-0.39, 0.29) is 17.3 Å². The summed E-state index contributed by atoms with van der Waals surface area (Å²) >= 11 is 9.80. The first-order valence-corrected chi connectivity index (χ1v) is 8.02. The number of carbonyl (C=O) groups excluding carboxylic acids is 1. The summed E-state index contributed by atoms with van der Waals surface area (Å²) in [6.45, 7) is 1.98. The molecule has 2 atom stereocenters. The van der Waals surface area contributed by atoms with Gasteiger partial charge in [0.15, 0.2) is 0 Å². The molecular weight excluding hydrogens is 326 g/mol. The molecule has 4 heteroatoms. The Morgan fingerprint density at radius 2 is 2.05 bits per heavy atom. The molecule has 0 heterocycles. The van der Waals surface area contributed by atoms with Gasteiger partial charge in [-0.15, -0.1) is 11.6 Å². The Morgan fingerprint density at radius 1 is 1.32 bits per heavy atom. The molecule has 104 valence electrons. The Balaban J connectivity index is 2.05. The smallest absolute Gasteiger partial charge is 0.251 e. The summed E-state index contributed by atoms with van der Waals surface area (Å²) in [5.74, 6) is -0.0202. The van der Waals surface area contributed by atoms with Crippen LogP contribution >= 0.6 is 27.5 Å². The standard InChI is InChI=1S/C15H19BrClNO/c1-10-9-11(7-8-12(10)16)15(19)18-14-6-4-2-3-5-13(14)17/h7-9,13-14H,2-6H2,1H3,(H,18,19). The van der Waals surface area contributed by atoms with Crippen molar-refractivity contribution in [3.05, 3.63) is 33.8 Å². The lowest BCUT2D eigenvalue weighted by atomic mass is 10.1. The quantitative estimate of drug-likeness (QED) is 0.624. The highest BCUT2D eigenvalue weighted by Crippen LogP contribution is 2.23. The number of halogens is 2. The zero-order valence-electron chi connectivity index (χ0n) is 11.1. The third-order valence-corrected chi connectivity index (χ3v) is 5.08. The van der Waals surface area contributed by atoms with Crippen LogP contribution in [0.25, 0.3) is 0 Å². The molecule has 2 rings (SSSR count). The van der Waals surface area contributed by atoms with E-state index in [2.05, 4.69) is 21.2 Å². The van der Waals surface area contributed by atoms with Crippen LogP contribution in [-0.4, -0.2) is 17.3 Å². The molecule has 0 spiro atoms. The molecule has 19 heavy (non-hydrogen) atoms. The second-order valence-corrected chi connectivity index (χ2v) is 6.61. The van der Waals surface area contributed by atoms with Crippen molar-refractivity contribution in [3.63, 3.8) is 0 Å². The first kappa shape index (κ1) is 14.9. The number of alkyl halides is 1. The fourth-order valence-corrected chi connectivity index (χ4v) is 3.05. The van der Waals surface area contributed by atoms with Crippen LogP contribution in [0.4, 0.5) is 0 Å². The highest BCUT2D eigenvalue weighted by atomic mass is 79.9. The van der Waals surface area contributed by atoms with E-state index in [4.69, 9.17) is 11.6 Å². The van der Waals surface area contributed by atoms with Crippen molar-refractivity contribution in [2.75, 3.05) is 0 Å². The molecule has 1 fully saturated rings. The van der Waals surface area contributed by atoms with Gasteiger partial charge in [0.25, 0.3) is 5.91 Å². The van der Waals surface area contributed by atoms with E-state index in [0.717, 1.165) is 35.7 Å². The van der Waals surface area contributed by atoms with E-state index >= 15 is 0 Å².